The van der Waals surface area contributed by atoms with Crippen LogP contribution in [0, 0.1) is 0 Å². The van der Waals surface area contributed by atoms with Crippen molar-refractivity contribution in [3.63, 3.8) is 0 Å². The van der Waals surface area contributed by atoms with Crippen molar-refractivity contribution < 1.29 is 33.8 Å². The van der Waals surface area contributed by atoms with Crippen molar-refractivity contribution in [2.24, 2.45) is 17.2 Å². The monoisotopic (exact) mass is 508 g/mol. The SMILES string of the molecule is CC(=O)Nc1ccc(C=O)cc1.NC1CCCCC1.NCCCC[C@H](N)C(=O)O.O=C1CCC(=O)O1. The van der Waals surface area contributed by atoms with Crippen molar-refractivity contribution in [2.45, 2.75) is 83.2 Å². The van der Waals surface area contributed by atoms with E-state index in [-0.39, 0.29) is 18.7 Å². The Morgan fingerprint density at radius 1 is 1.08 bits per heavy atom. The van der Waals surface area contributed by atoms with Crippen LogP contribution in [-0.2, 0) is 23.9 Å². The molecular weight excluding hydrogens is 468 g/mol. The highest BCUT2D eigenvalue weighted by molar-refractivity contribution is 5.92. The molecule has 2 fully saturated rings. The number of esters is 2. The summed E-state index contributed by atoms with van der Waals surface area (Å²) in [6, 6.07) is 6.49. The molecule has 1 saturated carbocycles. The highest BCUT2D eigenvalue weighted by Crippen LogP contribution is 2.14. The fourth-order valence-corrected chi connectivity index (χ4v) is 3.05. The van der Waals surface area contributed by atoms with Gasteiger partial charge in [-0.2, -0.15) is 0 Å². The van der Waals surface area contributed by atoms with Gasteiger partial charge < -0.3 is 32.4 Å². The normalized spacial score (nSPS) is 15.4. The molecule has 36 heavy (non-hydrogen) atoms. The number of rotatable bonds is 7. The van der Waals surface area contributed by atoms with Crippen LogP contribution in [0.1, 0.15) is 81.5 Å². The topological polar surface area (TPSA) is 205 Å². The van der Waals surface area contributed by atoms with Crippen LogP contribution >= 0.6 is 0 Å². The summed E-state index contributed by atoms with van der Waals surface area (Å²) in [5.74, 6) is -1.85. The third-order valence-electron chi connectivity index (χ3n) is 5.06. The van der Waals surface area contributed by atoms with Gasteiger partial charge in [-0.15, -0.1) is 0 Å². The Bertz CT molecular complexity index is 795. The summed E-state index contributed by atoms with van der Waals surface area (Å²) in [6.07, 6.45) is 10.1. The van der Waals surface area contributed by atoms with Crippen molar-refractivity contribution in [1.29, 1.82) is 0 Å². The maximum Gasteiger partial charge on any atom is 0.320 e. The number of aliphatic carboxylic acids is 1. The van der Waals surface area contributed by atoms with Crippen LogP contribution < -0.4 is 22.5 Å². The van der Waals surface area contributed by atoms with Gasteiger partial charge in [-0.05, 0) is 56.5 Å². The molecular formula is C25H40N4O7. The summed E-state index contributed by atoms with van der Waals surface area (Å²) in [5, 5.41) is 10.9. The minimum absolute atomic E-state index is 0.117. The second-order valence-electron chi connectivity index (χ2n) is 8.39. The van der Waals surface area contributed by atoms with Gasteiger partial charge in [-0.3, -0.25) is 24.0 Å². The predicted molar refractivity (Wildman–Crippen MR) is 136 cm³/mol. The molecule has 1 aliphatic heterocycles. The largest absolute Gasteiger partial charge is 0.480 e. The van der Waals surface area contributed by atoms with Crippen LogP contribution in [0.2, 0.25) is 0 Å². The molecule has 1 atom stereocenters. The second kappa shape index (κ2) is 20.1. The number of amides is 1. The Kier molecular flexibility index (Phi) is 18.3. The molecule has 0 bridgehead atoms. The van der Waals surface area contributed by atoms with E-state index in [1.54, 1.807) is 24.3 Å². The quantitative estimate of drug-likeness (QED) is 0.157. The number of aldehydes is 1. The number of nitrogens with two attached hydrogens (primary N) is 3. The number of hydrogen-bond acceptors (Lipinski definition) is 9. The van der Waals surface area contributed by atoms with Crippen molar-refractivity contribution in [1.82, 2.24) is 0 Å². The van der Waals surface area contributed by atoms with Gasteiger partial charge in [-0.1, -0.05) is 25.7 Å². The zero-order valence-electron chi connectivity index (χ0n) is 20.9. The van der Waals surface area contributed by atoms with E-state index in [1.165, 1.54) is 39.0 Å². The summed E-state index contributed by atoms with van der Waals surface area (Å²) in [5.41, 5.74) is 17.4. The third-order valence-corrected chi connectivity index (χ3v) is 5.06. The summed E-state index contributed by atoms with van der Waals surface area (Å²) < 4.78 is 4.08. The standard InChI is InChI=1S/C9H9NO2.C6H14N2O2.C6H13N.C4H4O3/c1-7(12)10-9-4-2-8(6-11)3-5-9;7-4-2-1-3-5(8)6(9)10;7-6-4-2-1-3-5-6;5-3-1-2-4(6)7-3/h2-6H,1H3,(H,10,12);5H,1-4,7-8H2,(H,9,10);6H,1-5,7H2;1-2H2/t;5-;;/m.0../s1. The van der Waals surface area contributed by atoms with Crippen LogP contribution in [-0.4, -0.2) is 53.8 Å². The van der Waals surface area contributed by atoms with Gasteiger partial charge in [0, 0.05) is 24.2 Å². The number of cyclic esters (lactones) is 2. The molecule has 202 valence electrons. The number of ether oxygens (including phenoxy) is 1. The Hall–Kier alpha value is -3.15. The molecule has 0 unspecified atom stereocenters. The van der Waals surface area contributed by atoms with E-state index in [9.17, 15) is 24.0 Å². The van der Waals surface area contributed by atoms with E-state index >= 15 is 0 Å². The second-order valence-corrected chi connectivity index (χ2v) is 8.39. The zero-order valence-corrected chi connectivity index (χ0v) is 20.9. The number of carbonyl (C=O) groups is 5. The molecule has 1 amide bonds. The van der Waals surface area contributed by atoms with Crippen LogP contribution in [0.4, 0.5) is 5.69 Å². The number of nitrogens with one attached hydrogen (secondary N) is 1. The molecule has 1 aromatic carbocycles. The fourth-order valence-electron chi connectivity index (χ4n) is 3.05. The molecule has 1 aromatic rings. The number of carboxylic acid groups (broad SMARTS) is 1. The van der Waals surface area contributed by atoms with Gasteiger partial charge in [0.15, 0.2) is 0 Å². The number of unbranched alkanes of at least 4 members (excludes halogenated alkanes) is 1. The highest BCUT2D eigenvalue weighted by atomic mass is 16.6. The van der Waals surface area contributed by atoms with E-state index in [4.69, 9.17) is 22.3 Å². The molecule has 0 aromatic heterocycles. The number of carbonyl (C=O) groups excluding carboxylic acids is 4. The van der Waals surface area contributed by atoms with E-state index in [0.29, 0.717) is 30.3 Å². The maximum atomic E-state index is 10.6. The molecule has 1 heterocycles. The smallest absolute Gasteiger partial charge is 0.320 e. The van der Waals surface area contributed by atoms with Gasteiger partial charge in [0.05, 0.1) is 12.8 Å². The van der Waals surface area contributed by atoms with Crippen LogP contribution in [0.3, 0.4) is 0 Å². The fraction of sp³-hybridized carbons (Fsp3) is 0.560. The van der Waals surface area contributed by atoms with Gasteiger partial charge >= 0.3 is 17.9 Å². The summed E-state index contributed by atoms with van der Waals surface area (Å²) in [4.78, 5) is 51.0. The lowest BCUT2D eigenvalue weighted by Crippen LogP contribution is -2.29. The molecule has 3 rings (SSSR count). The Morgan fingerprint density at radius 3 is 1.97 bits per heavy atom. The minimum Gasteiger partial charge on any atom is -0.480 e. The highest BCUT2D eigenvalue weighted by Gasteiger charge is 2.19. The first-order valence-corrected chi connectivity index (χ1v) is 12.1. The Labute approximate surface area is 212 Å². The zero-order chi connectivity index (χ0) is 27.3. The molecule has 8 N–H and O–H groups in total. The molecule has 2 aliphatic rings. The van der Waals surface area contributed by atoms with Crippen LogP contribution in [0.25, 0.3) is 0 Å². The van der Waals surface area contributed by atoms with Crippen LogP contribution in [0.15, 0.2) is 24.3 Å². The average Bonchev–Trinajstić information content (AvgIpc) is 3.23. The van der Waals surface area contributed by atoms with Crippen molar-refractivity contribution >= 4 is 35.8 Å². The molecule has 0 spiro atoms. The number of anilines is 1. The lowest BCUT2D eigenvalue weighted by molar-refractivity contribution is -0.152. The van der Waals surface area contributed by atoms with Crippen molar-refractivity contribution in [2.75, 3.05) is 11.9 Å². The van der Waals surface area contributed by atoms with E-state index in [0.717, 1.165) is 19.1 Å². The number of carboxylic acids is 1. The van der Waals surface area contributed by atoms with Gasteiger partial charge in [-0.25, -0.2) is 0 Å². The Balaban J connectivity index is 0.000000465. The minimum atomic E-state index is -0.933. The maximum absolute atomic E-state index is 10.6. The first kappa shape index (κ1) is 32.9. The van der Waals surface area contributed by atoms with Crippen molar-refractivity contribution in [3.05, 3.63) is 29.8 Å². The van der Waals surface area contributed by atoms with Crippen LogP contribution in [0.5, 0.6) is 0 Å². The van der Waals surface area contributed by atoms with Crippen molar-refractivity contribution in [3.8, 4) is 0 Å². The van der Waals surface area contributed by atoms with Gasteiger partial charge in [0.2, 0.25) is 5.91 Å². The summed E-state index contributed by atoms with van der Waals surface area (Å²) in [6.45, 7) is 2.04. The number of hydrogen-bond donors (Lipinski definition) is 5. The molecule has 11 heteroatoms. The number of benzene rings is 1. The first-order valence-electron chi connectivity index (χ1n) is 12.1. The third kappa shape index (κ3) is 18.2. The van der Waals surface area contributed by atoms with Gasteiger partial charge in [0.1, 0.15) is 12.3 Å². The lowest BCUT2D eigenvalue weighted by atomic mass is 9.97. The molecule has 1 aliphatic carbocycles. The molecule has 0 radical (unpaired) electrons. The molecule has 11 nitrogen and oxygen atoms in total. The molecule has 1 saturated heterocycles. The average molecular weight is 509 g/mol. The van der Waals surface area contributed by atoms with E-state index < -0.39 is 23.9 Å². The van der Waals surface area contributed by atoms with Gasteiger partial charge in [0.25, 0.3) is 0 Å². The summed E-state index contributed by atoms with van der Waals surface area (Å²) >= 11 is 0. The van der Waals surface area contributed by atoms with E-state index in [2.05, 4.69) is 10.1 Å². The van der Waals surface area contributed by atoms with E-state index in [1.807, 2.05) is 0 Å². The first-order chi connectivity index (χ1) is 17.1. The summed E-state index contributed by atoms with van der Waals surface area (Å²) in [7, 11) is 0. The predicted octanol–water partition coefficient (Wildman–Crippen LogP) is 2.11. The lowest BCUT2D eigenvalue weighted by Gasteiger charge is -2.15. The Morgan fingerprint density at radius 2 is 1.64 bits per heavy atom.